The topological polar surface area (TPSA) is 17.1 Å². The molecule has 0 aliphatic heterocycles. The molecule has 1 aromatic carbocycles. The molecule has 0 N–H and O–H groups in total. The van der Waals surface area contributed by atoms with E-state index in [0.717, 1.165) is 3.57 Å². The van der Waals surface area contributed by atoms with Crippen LogP contribution in [0.1, 0.15) is 10.4 Å². The van der Waals surface area contributed by atoms with Gasteiger partial charge in [-0.1, -0.05) is 18.7 Å². The number of rotatable bonds is 2. The minimum absolute atomic E-state index is 0.0523. The summed E-state index contributed by atoms with van der Waals surface area (Å²) in [5, 5.41) is 0. The fourth-order valence-corrected chi connectivity index (χ4v) is 1.36. The van der Waals surface area contributed by atoms with Gasteiger partial charge in [-0.3, -0.25) is 4.79 Å². The maximum Gasteiger partial charge on any atom is 0.193 e. The second-order valence-corrected chi connectivity index (χ2v) is 3.47. The van der Waals surface area contributed by atoms with Crippen molar-refractivity contribution in [2.45, 2.75) is 0 Å². The molecule has 0 aromatic heterocycles. The van der Waals surface area contributed by atoms with E-state index in [-0.39, 0.29) is 5.78 Å². The van der Waals surface area contributed by atoms with Crippen molar-refractivity contribution in [3.8, 4) is 0 Å². The van der Waals surface area contributed by atoms with Gasteiger partial charge in [-0.15, -0.1) is 5.73 Å². The minimum Gasteiger partial charge on any atom is -0.289 e. The number of hydrogen-bond donors (Lipinski definition) is 0. The van der Waals surface area contributed by atoms with E-state index in [0.29, 0.717) is 5.56 Å². The van der Waals surface area contributed by atoms with Crippen molar-refractivity contribution in [3.63, 3.8) is 0 Å². The van der Waals surface area contributed by atoms with Gasteiger partial charge >= 0.3 is 0 Å². The van der Waals surface area contributed by atoms with Crippen molar-refractivity contribution in [1.29, 1.82) is 0 Å². The van der Waals surface area contributed by atoms with Crippen LogP contribution in [0, 0.1) is 3.57 Å². The van der Waals surface area contributed by atoms with Gasteiger partial charge in [-0.25, -0.2) is 0 Å². The predicted octanol–water partition coefficient (Wildman–Crippen LogP) is 2.82. The van der Waals surface area contributed by atoms with Crippen LogP contribution in [-0.2, 0) is 0 Å². The van der Waals surface area contributed by atoms with Gasteiger partial charge in [0.05, 0.1) is 0 Å². The summed E-state index contributed by atoms with van der Waals surface area (Å²) >= 11 is 2.17. The van der Waals surface area contributed by atoms with E-state index in [1.807, 2.05) is 18.2 Å². The molecule has 0 unspecified atom stereocenters. The molecule has 0 aliphatic rings. The van der Waals surface area contributed by atoms with Crippen LogP contribution in [0.3, 0.4) is 0 Å². The monoisotopic (exact) mass is 270 g/mol. The first-order chi connectivity index (χ1) is 5.74. The maximum atomic E-state index is 11.2. The van der Waals surface area contributed by atoms with E-state index in [1.54, 1.807) is 6.07 Å². The van der Waals surface area contributed by atoms with E-state index in [9.17, 15) is 4.79 Å². The molecule has 0 bridgehead atoms. The SMILES string of the molecule is C=C=CC(=O)c1cccc(I)c1. The number of benzene rings is 1. The molecule has 0 saturated carbocycles. The lowest BCUT2D eigenvalue weighted by molar-refractivity contribution is 0.104. The number of allylic oxidation sites excluding steroid dienone is 1. The van der Waals surface area contributed by atoms with Gasteiger partial charge in [0, 0.05) is 15.2 Å². The fraction of sp³-hybridized carbons (Fsp3) is 0. The molecule has 1 aromatic rings. The Morgan fingerprint density at radius 3 is 2.92 bits per heavy atom. The largest absolute Gasteiger partial charge is 0.289 e. The van der Waals surface area contributed by atoms with E-state index in [2.05, 4.69) is 34.9 Å². The van der Waals surface area contributed by atoms with E-state index in [4.69, 9.17) is 0 Å². The molecular weight excluding hydrogens is 263 g/mol. The molecular formula is C10H7IO. The quantitative estimate of drug-likeness (QED) is 0.349. The summed E-state index contributed by atoms with van der Waals surface area (Å²) in [6, 6.07) is 7.40. The Bertz CT molecular complexity index is 349. The molecule has 1 nitrogen and oxygen atoms in total. The van der Waals surface area contributed by atoms with Crippen LogP contribution in [0.15, 0.2) is 42.7 Å². The lowest BCUT2D eigenvalue weighted by Gasteiger charge is -1.94. The summed E-state index contributed by atoms with van der Waals surface area (Å²) in [5.74, 6) is -0.0523. The van der Waals surface area contributed by atoms with Gasteiger partial charge in [0.1, 0.15) is 0 Å². The van der Waals surface area contributed by atoms with Crippen LogP contribution >= 0.6 is 22.6 Å². The van der Waals surface area contributed by atoms with Crippen LogP contribution < -0.4 is 0 Å². The van der Waals surface area contributed by atoms with Gasteiger partial charge in [0.15, 0.2) is 5.78 Å². The summed E-state index contributed by atoms with van der Waals surface area (Å²) in [6.07, 6.45) is 1.34. The Morgan fingerprint density at radius 2 is 2.33 bits per heavy atom. The Balaban J connectivity index is 3.03. The summed E-state index contributed by atoms with van der Waals surface area (Å²) in [6.45, 7) is 3.35. The van der Waals surface area contributed by atoms with Crippen molar-refractivity contribution < 1.29 is 4.79 Å². The first-order valence-electron chi connectivity index (χ1n) is 3.40. The number of hydrogen-bond acceptors (Lipinski definition) is 1. The summed E-state index contributed by atoms with van der Waals surface area (Å²) in [7, 11) is 0. The summed E-state index contributed by atoms with van der Waals surface area (Å²) in [5.41, 5.74) is 3.14. The highest BCUT2D eigenvalue weighted by atomic mass is 127. The highest BCUT2D eigenvalue weighted by molar-refractivity contribution is 14.1. The van der Waals surface area contributed by atoms with Gasteiger partial charge in [-0.2, -0.15) is 0 Å². The zero-order chi connectivity index (χ0) is 8.97. The van der Waals surface area contributed by atoms with Crippen LogP contribution in [0.5, 0.6) is 0 Å². The van der Waals surface area contributed by atoms with E-state index >= 15 is 0 Å². The highest BCUT2D eigenvalue weighted by Crippen LogP contribution is 2.08. The Kier molecular flexibility index (Phi) is 3.26. The van der Waals surface area contributed by atoms with Crippen molar-refractivity contribution in [3.05, 3.63) is 51.8 Å². The van der Waals surface area contributed by atoms with E-state index in [1.165, 1.54) is 6.08 Å². The number of ketones is 1. The molecule has 0 spiro atoms. The van der Waals surface area contributed by atoms with Crippen LogP contribution in [0.25, 0.3) is 0 Å². The first kappa shape index (κ1) is 9.23. The molecule has 12 heavy (non-hydrogen) atoms. The molecule has 0 aliphatic carbocycles. The molecule has 0 fully saturated rings. The van der Waals surface area contributed by atoms with Crippen LogP contribution in [0.4, 0.5) is 0 Å². The normalized spacial score (nSPS) is 8.75. The van der Waals surface area contributed by atoms with Crippen molar-refractivity contribution in [2.24, 2.45) is 0 Å². The maximum absolute atomic E-state index is 11.2. The first-order valence-corrected chi connectivity index (χ1v) is 4.47. The highest BCUT2D eigenvalue weighted by Gasteiger charge is 1.99. The molecule has 60 valence electrons. The van der Waals surface area contributed by atoms with E-state index < -0.39 is 0 Å². The average Bonchev–Trinajstić information content (AvgIpc) is 2.05. The van der Waals surface area contributed by atoms with Crippen molar-refractivity contribution in [2.75, 3.05) is 0 Å². The molecule has 0 atom stereocenters. The van der Waals surface area contributed by atoms with Crippen LogP contribution in [0.2, 0.25) is 0 Å². The third-order valence-corrected chi connectivity index (χ3v) is 2.01. The van der Waals surface area contributed by atoms with Crippen molar-refractivity contribution in [1.82, 2.24) is 0 Å². The van der Waals surface area contributed by atoms with Crippen molar-refractivity contribution >= 4 is 28.4 Å². The zero-order valence-corrected chi connectivity index (χ0v) is 8.54. The lowest BCUT2D eigenvalue weighted by atomic mass is 10.1. The van der Waals surface area contributed by atoms with Gasteiger partial charge in [-0.05, 0) is 34.7 Å². The Morgan fingerprint density at radius 1 is 1.58 bits per heavy atom. The molecule has 0 saturated heterocycles. The molecule has 2 heteroatoms. The van der Waals surface area contributed by atoms with Gasteiger partial charge < -0.3 is 0 Å². The smallest absolute Gasteiger partial charge is 0.193 e. The predicted molar refractivity (Wildman–Crippen MR) is 57.2 cm³/mol. The second-order valence-electron chi connectivity index (χ2n) is 2.22. The molecule has 0 amide bonds. The fourth-order valence-electron chi connectivity index (χ4n) is 0.818. The minimum atomic E-state index is -0.0523. The summed E-state index contributed by atoms with van der Waals surface area (Å²) in [4.78, 5) is 11.2. The standard InChI is InChI=1S/C10H7IO/c1-2-4-10(12)8-5-3-6-9(11)7-8/h3-7H,1H2. The number of halogens is 1. The molecule has 1 rings (SSSR count). The molecule has 0 radical (unpaired) electrons. The number of carbonyl (C=O) groups excluding carboxylic acids is 1. The third kappa shape index (κ3) is 2.32. The summed E-state index contributed by atoms with van der Waals surface area (Å²) < 4.78 is 1.05. The Labute approximate surface area is 84.9 Å². The van der Waals surface area contributed by atoms with Gasteiger partial charge in [0.2, 0.25) is 0 Å². The molecule has 0 heterocycles. The second kappa shape index (κ2) is 4.24. The van der Waals surface area contributed by atoms with Crippen LogP contribution in [-0.4, -0.2) is 5.78 Å². The third-order valence-electron chi connectivity index (χ3n) is 1.34. The lowest BCUT2D eigenvalue weighted by Crippen LogP contribution is -1.93. The van der Waals surface area contributed by atoms with Gasteiger partial charge in [0.25, 0.3) is 0 Å². The zero-order valence-electron chi connectivity index (χ0n) is 6.38. The average molecular weight is 270 g/mol. The Hall–Kier alpha value is -0.860. The number of carbonyl (C=O) groups is 1.